The number of unbranched alkanes of at least 4 members (excludes halogenated alkanes) is 22. The molecular formula is C38H74O9S. The third kappa shape index (κ3) is 59.8. The standard InChI is InChI=1S/C36H66O3.C2H6O2.H2O4S/c1-3-5-7-9-11-13-15-17-19-21-23-25-27-29-31-33-35(37)39-36(38)34-32-30-28-26-24-22-20-18-16-14-12-10-8-6-4-2;3-1-2-4;1-5(2,3)4/h17-20H,3-16,21-34H2,1-2H3;3-4H,1-2H2;(H2,1,2,3,4). The summed E-state index contributed by atoms with van der Waals surface area (Å²) in [4.78, 5) is 23.8. The van der Waals surface area contributed by atoms with E-state index in [2.05, 4.69) is 38.2 Å². The number of hydrogen-bond donors (Lipinski definition) is 4. The van der Waals surface area contributed by atoms with Crippen molar-refractivity contribution in [2.45, 2.75) is 194 Å². The molecule has 0 spiro atoms. The first-order chi connectivity index (χ1) is 23.1. The normalized spacial score (nSPS) is 11.3. The van der Waals surface area contributed by atoms with Crippen LogP contribution in [0.1, 0.15) is 194 Å². The summed E-state index contributed by atoms with van der Waals surface area (Å²) < 4.78 is 36.6. The Bertz CT molecular complexity index is 766. The van der Waals surface area contributed by atoms with Gasteiger partial charge in [-0.3, -0.25) is 18.7 Å². The van der Waals surface area contributed by atoms with Gasteiger partial charge in [-0.15, -0.1) is 0 Å². The highest BCUT2D eigenvalue weighted by Crippen LogP contribution is 2.12. The van der Waals surface area contributed by atoms with Gasteiger partial charge in [0.05, 0.1) is 13.2 Å². The van der Waals surface area contributed by atoms with Crippen LogP contribution in [0.5, 0.6) is 0 Å². The Morgan fingerprint density at radius 1 is 0.458 bits per heavy atom. The molecule has 9 nitrogen and oxygen atoms in total. The fourth-order valence-electron chi connectivity index (χ4n) is 4.91. The van der Waals surface area contributed by atoms with E-state index in [4.69, 9.17) is 32.5 Å². The van der Waals surface area contributed by atoms with E-state index in [1.165, 1.54) is 128 Å². The Hall–Kier alpha value is -1.59. The van der Waals surface area contributed by atoms with Crippen molar-refractivity contribution in [3.05, 3.63) is 24.3 Å². The zero-order valence-corrected chi connectivity index (χ0v) is 31.6. The molecule has 0 fully saturated rings. The Morgan fingerprint density at radius 3 is 0.938 bits per heavy atom. The first-order valence-electron chi connectivity index (χ1n) is 19.1. The minimum absolute atomic E-state index is 0.125. The van der Waals surface area contributed by atoms with Gasteiger partial charge in [-0.2, -0.15) is 8.42 Å². The van der Waals surface area contributed by atoms with Crippen LogP contribution in [-0.2, 0) is 24.7 Å². The molecule has 0 amide bonds. The average Bonchev–Trinajstić information content (AvgIpc) is 3.04. The molecule has 0 bridgehead atoms. The fourth-order valence-corrected chi connectivity index (χ4v) is 4.91. The van der Waals surface area contributed by atoms with Crippen LogP contribution in [0.4, 0.5) is 0 Å². The molecule has 0 heterocycles. The van der Waals surface area contributed by atoms with E-state index in [0.717, 1.165) is 38.5 Å². The molecular weight excluding hydrogens is 632 g/mol. The van der Waals surface area contributed by atoms with Crippen molar-refractivity contribution < 1.29 is 42.1 Å². The second-order valence-corrected chi connectivity index (χ2v) is 13.3. The molecule has 48 heavy (non-hydrogen) atoms. The number of carbonyl (C=O) groups excluding carboxylic acids is 2. The molecule has 4 N–H and O–H groups in total. The van der Waals surface area contributed by atoms with E-state index < -0.39 is 10.4 Å². The molecule has 0 saturated heterocycles. The van der Waals surface area contributed by atoms with Gasteiger partial charge in [-0.25, -0.2) is 0 Å². The van der Waals surface area contributed by atoms with E-state index in [9.17, 15) is 9.59 Å². The van der Waals surface area contributed by atoms with E-state index in [1.807, 2.05) is 0 Å². The first-order valence-corrected chi connectivity index (χ1v) is 20.5. The average molecular weight is 707 g/mol. The van der Waals surface area contributed by atoms with E-state index in [0.29, 0.717) is 12.8 Å². The molecule has 0 rings (SSSR count). The molecule has 0 unspecified atom stereocenters. The van der Waals surface area contributed by atoms with E-state index >= 15 is 0 Å². The lowest BCUT2D eigenvalue weighted by molar-refractivity contribution is -0.159. The van der Waals surface area contributed by atoms with Crippen LogP contribution < -0.4 is 0 Å². The third-order valence-corrected chi connectivity index (χ3v) is 7.61. The Labute approximate surface area is 295 Å². The zero-order chi connectivity index (χ0) is 36.4. The number of rotatable bonds is 31. The summed E-state index contributed by atoms with van der Waals surface area (Å²) in [6.45, 7) is 4.28. The van der Waals surface area contributed by atoms with Gasteiger partial charge in [-0.05, 0) is 64.2 Å². The van der Waals surface area contributed by atoms with Gasteiger partial charge < -0.3 is 14.9 Å². The topological polar surface area (TPSA) is 158 Å². The van der Waals surface area contributed by atoms with Crippen molar-refractivity contribution in [2.24, 2.45) is 0 Å². The summed E-state index contributed by atoms with van der Waals surface area (Å²) in [7, 11) is -4.67. The summed E-state index contributed by atoms with van der Waals surface area (Å²) in [5.41, 5.74) is 0. The predicted molar refractivity (Wildman–Crippen MR) is 198 cm³/mol. The fraction of sp³-hybridized carbons (Fsp3) is 0.842. The van der Waals surface area contributed by atoms with E-state index in [1.54, 1.807) is 0 Å². The number of ether oxygens (including phenoxy) is 1. The first kappa shape index (κ1) is 50.8. The van der Waals surface area contributed by atoms with Gasteiger partial charge >= 0.3 is 22.3 Å². The van der Waals surface area contributed by atoms with Crippen LogP contribution in [0.3, 0.4) is 0 Å². The quantitative estimate of drug-likeness (QED) is 0.0181. The molecule has 10 heteroatoms. The van der Waals surface area contributed by atoms with Gasteiger partial charge in [0.1, 0.15) is 0 Å². The molecule has 286 valence electrons. The number of aliphatic hydroxyl groups excluding tert-OH is 2. The van der Waals surface area contributed by atoms with E-state index in [-0.39, 0.29) is 25.2 Å². The van der Waals surface area contributed by atoms with Gasteiger partial charge in [-0.1, -0.05) is 141 Å². The van der Waals surface area contributed by atoms with Crippen molar-refractivity contribution in [1.29, 1.82) is 0 Å². The Kier molecular flexibility index (Phi) is 46.0. The zero-order valence-electron chi connectivity index (χ0n) is 30.8. The number of allylic oxidation sites excluding steroid dienone is 4. The van der Waals surface area contributed by atoms with Gasteiger partial charge in [0.15, 0.2) is 0 Å². The molecule has 0 aliphatic heterocycles. The number of esters is 2. The maximum Gasteiger partial charge on any atom is 0.394 e. The molecule has 0 atom stereocenters. The van der Waals surface area contributed by atoms with Crippen molar-refractivity contribution in [1.82, 2.24) is 0 Å². The number of hydrogen-bond acceptors (Lipinski definition) is 7. The maximum atomic E-state index is 11.9. The smallest absolute Gasteiger partial charge is 0.394 e. The van der Waals surface area contributed by atoms with Crippen LogP contribution in [0, 0.1) is 0 Å². The number of aliphatic hydroxyl groups is 2. The molecule has 0 saturated carbocycles. The van der Waals surface area contributed by atoms with Crippen LogP contribution in [0.25, 0.3) is 0 Å². The summed E-state index contributed by atoms with van der Waals surface area (Å²) in [6.07, 6.45) is 42.2. The molecule has 0 aromatic carbocycles. The van der Waals surface area contributed by atoms with Crippen LogP contribution in [0.15, 0.2) is 24.3 Å². The summed E-state index contributed by atoms with van der Waals surface area (Å²) >= 11 is 0. The largest absolute Gasteiger partial charge is 0.394 e. The highest BCUT2D eigenvalue weighted by molar-refractivity contribution is 7.79. The minimum atomic E-state index is -4.67. The van der Waals surface area contributed by atoms with Crippen LogP contribution in [-0.4, -0.2) is 52.9 Å². The summed E-state index contributed by atoms with van der Waals surface area (Å²) in [5, 5.41) is 15.2. The Morgan fingerprint density at radius 2 is 0.688 bits per heavy atom. The summed E-state index contributed by atoms with van der Waals surface area (Å²) in [5.74, 6) is -0.684. The second-order valence-electron chi connectivity index (χ2n) is 12.4. The van der Waals surface area contributed by atoms with Crippen molar-refractivity contribution >= 4 is 22.3 Å². The lowest BCUT2D eigenvalue weighted by Gasteiger charge is -2.04. The van der Waals surface area contributed by atoms with Gasteiger partial charge in [0, 0.05) is 12.8 Å². The molecule has 0 aliphatic rings. The van der Waals surface area contributed by atoms with Crippen molar-refractivity contribution in [3.63, 3.8) is 0 Å². The maximum absolute atomic E-state index is 11.9. The predicted octanol–water partition coefficient (Wildman–Crippen LogP) is 10.4. The molecule has 0 radical (unpaired) electrons. The van der Waals surface area contributed by atoms with Crippen molar-refractivity contribution in [2.75, 3.05) is 13.2 Å². The SMILES string of the molecule is CCCCCCCCC=CCCCCCCCC(=O)OC(=O)CCCCCCCC=CCCCCCCCC.O=S(=O)(O)O.OCCO. The lowest BCUT2D eigenvalue weighted by Crippen LogP contribution is -2.11. The Balaban J connectivity index is -0.00000197. The lowest BCUT2D eigenvalue weighted by atomic mass is 10.1. The van der Waals surface area contributed by atoms with Crippen molar-refractivity contribution in [3.8, 4) is 0 Å². The molecule has 0 aliphatic carbocycles. The highest BCUT2D eigenvalue weighted by Gasteiger charge is 2.09. The van der Waals surface area contributed by atoms with Gasteiger partial charge in [0.2, 0.25) is 0 Å². The molecule has 0 aromatic rings. The minimum Gasteiger partial charge on any atom is -0.394 e. The number of carbonyl (C=O) groups is 2. The third-order valence-electron chi connectivity index (χ3n) is 7.61. The monoisotopic (exact) mass is 707 g/mol. The second kappa shape index (κ2) is 43.4. The summed E-state index contributed by atoms with van der Waals surface area (Å²) in [6, 6.07) is 0. The van der Waals surface area contributed by atoms with Gasteiger partial charge in [0.25, 0.3) is 0 Å². The van der Waals surface area contributed by atoms with Crippen LogP contribution >= 0.6 is 0 Å². The van der Waals surface area contributed by atoms with Crippen LogP contribution in [0.2, 0.25) is 0 Å². The molecule has 0 aromatic heterocycles. The highest BCUT2D eigenvalue weighted by atomic mass is 32.3.